The van der Waals surface area contributed by atoms with Crippen LogP contribution in [0.15, 0.2) is 35.4 Å². The lowest BCUT2D eigenvalue weighted by molar-refractivity contribution is -0.120. The third kappa shape index (κ3) is 5.19. The first-order chi connectivity index (χ1) is 11.9. The van der Waals surface area contributed by atoms with Gasteiger partial charge in [0, 0.05) is 0 Å². The molecule has 0 aromatic heterocycles. The van der Waals surface area contributed by atoms with Crippen molar-refractivity contribution in [2.24, 2.45) is 5.10 Å². The van der Waals surface area contributed by atoms with Crippen LogP contribution in [0.5, 0.6) is 11.5 Å². The van der Waals surface area contributed by atoms with E-state index in [9.17, 15) is 4.79 Å². The minimum absolute atomic E-state index is 0.158. The molecule has 2 aromatic rings. The summed E-state index contributed by atoms with van der Waals surface area (Å²) in [5.74, 6) is 1.14. The molecule has 132 valence electrons. The van der Waals surface area contributed by atoms with E-state index in [0.29, 0.717) is 17.9 Å². The van der Waals surface area contributed by atoms with Crippen molar-refractivity contribution >= 4 is 34.7 Å². The Hall–Kier alpha value is -2.09. The SMILES string of the molecule is COc1cc(/C=N\NC(=O)Cc2ccc(C)c(C)c2)cc(I)c1OC. The summed E-state index contributed by atoms with van der Waals surface area (Å²) in [7, 11) is 3.18. The minimum atomic E-state index is -0.158. The molecule has 0 saturated heterocycles. The molecule has 0 aliphatic carbocycles. The smallest absolute Gasteiger partial charge is 0.244 e. The largest absolute Gasteiger partial charge is 0.493 e. The fraction of sp³-hybridized carbons (Fsp3) is 0.263. The van der Waals surface area contributed by atoms with E-state index in [2.05, 4.69) is 33.1 Å². The Morgan fingerprint density at radius 1 is 1.16 bits per heavy atom. The number of rotatable bonds is 6. The summed E-state index contributed by atoms with van der Waals surface area (Å²) >= 11 is 2.17. The number of hydrogen-bond acceptors (Lipinski definition) is 4. The minimum Gasteiger partial charge on any atom is -0.493 e. The summed E-state index contributed by atoms with van der Waals surface area (Å²) in [6, 6.07) is 9.71. The van der Waals surface area contributed by atoms with Crippen molar-refractivity contribution < 1.29 is 14.3 Å². The van der Waals surface area contributed by atoms with Crippen molar-refractivity contribution in [3.05, 3.63) is 56.2 Å². The Kier molecular flexibility index (Phi) is 6.81. The van der Waals surface area contributed by atoms with Crippen LogP contribution < -0.4 is 14.9 Å². The number of aryl methyl sites for hydroxylation is 2. The van der Waals surface area contributed by atoms with Crippen LogP contribution in [0.4, 0.5) is 0 Å². The average Bonchev–Trinajstić information content (AvgIpc) is 2.57. The van der Waals surface area contributed by atoms with Gasteiger partial charge in [0.15, 0.2) is 11.5 Å². The van der Waals surface area contributed by atoms with Crippen molar-refractivity contribution in [1.82, 2.24) is 5.43 Å². The predicted molar refractivity (Wildman–Crippen MR) is 108 cm³/mol. The lowest BCUT2D eigenvalue weighted by Gasteiger charge is -2.10. The zero-order chi connectivity index (χ0) is 18.4. The lowest BCUT2D eigenvalue weighted by Crippen LogP contribution is -2.19. The molecule has 0 unspecified atom stereocenters. The van der Waals surface area contributed by atoms with E-state index in [1.54, 1.807) is 26.5 Å². The highest BCUT2D eigenvalue weighted by Crippen LogP contribution is 2.32. The molecule has 0 fully saturated rings. The van der Waals surface area contributed by atoms with Gasteiger partial charge in [-0.05, 0) is 70.8 Å². The van der Waals surface area contributed by atoms with E-state index in [1.807, 2.05) is 38.1 Å². The highest BCUT2D eigenvalue weighted by Gasteiger charge is 2.09. The fourth-order valence-electron chi connectivity index (χ4n) is 2.33. The number of hydrogen-bond donors (Lipinski definition) is 1. The van der Waals surface area contributed by atoms with E-state index in [4.69, 9.17) is 9.47 Å². The van der Waals surface area contributed by atoms with Crippen molar-refractivity contribution in [3.8, 4) is 11.5 Å². The number of carbonyl (C=O) groups excluding carboxylic acids is 1. The van der Waals surface area contributed by atoms with Gasteiger partial charge in [-0.3, -0.25) is 4.79 Å². The number of nitrogens with zero attached hydrogens (tertiary/aromatic N) is 1. The van der Waals surface area contributed by atoms with Crippen LogP contribution in [0.25, 0.3) is 0 Å². The molecule has 5 nitrogen and oxygen atoms in total. The number of ether oxygens (including phenoxy) is 2. The van der Waals surface area contributed by atoms with E-state index in [1.165, 1.54) is 11.1 Å². The van der Waals surface area contributed by atoms with Crippen molar-refractivity contribution in [1.29, 1.82) is 0 Å². The maximum atomic E-state index is 12.0. The molecule has 1 N–H and O–H groups in total. The summed E-state index contributed by atoms with van der Waals surface area (Å²) in [6.45, 7) is 4.08. The fourth-order valence-corrected chi connectivity index (χ4v) is 3.18. The first kappa shape index (κ1) is 19.2. The monoisotopic (exact) mass is 452 g/mol. The van der Waals surface area contributed by atoms with E-state index < -0.39 is 0 Å². The van der Waals surface area contributed by atoms with Gasteiger partial charge in [-0.2, -0.15) is 5.10 Å². The van der Waals surface area contributed by atoms with Crippen LogP contribution in [0.1, 0.15) is 22.3 Å². The number of halogens is 1. The second-order valence-electron chi connectivity index (χ2n) is 5.63. The van der Waals surface area contributed by atoms with Gasteiger partial charge in [0.2, 0.25) is 5.91 Å². The normalized spacial score (nSPS) is 10.8. The van der Waals surface area contributed by atoms with Crippen LogP contribution >= 0.6 is 22.6 Å². The molecule has 0 bridgehead atoms. The van der Waals surface area contributed by atoms with Gasteiger partial charge in [-0.1, -0.05) is 18.2 Å². The Balaban J connectivity index is 2.01. The summed E-state index contributed by atoms with van der Waals surface area (Å²) < 4.78 is 11.5. The molecule has 0 atom stereocenters. The molecule has 2 aromatic carbocycles. The molecular weight excluding hydrogens is 431 g/mol. The Bertz CT molecular complexity index is 803. The van der Waals surface area contributed by atoms with Gasteiger partial charge in [0.05, 0.1) is 30.4 Å². The summed E-state index contributed by atoms with van der Waals surface area (Å²) in [4.78, 5) is 12.0. The molecule has 0 aliphatic rings. The number of benzene rings is 2. The highest BCUT2D eigenvalue weighted by atomic mass is 127. The molecule has 0 radical (unpaired) electrons. The van der Waals surface area contributed by atoms with Gasteiger partial charge in [0.25, 0.3) is 0 Å². The van der Waals surface area contributed by atoms with Gasteiger partial charge >= 0.3 is 0 Å². The third-order valence-electron chi connectivity index (χ3n) is 3.79. The zero-order valence-corrected chi connectivity index (χ0v) is 16.9. The molecule has 6 heteroatoms. The van der Waals surface area contributed by atoms with Crippen LogP contribution in [0.2, 0.25) is 0 Å². The van der Waals surface area contributed by atoms with Crippen molar-refractivity contribution in [3.63, 3.8) is 0 Å². The van der Waals surface area contributed by atoms with Gasteiger partial charge in [-0.25, -0.2) is 5.43 Å². The van der Waals surface area contributed by atoms with Crippen LogP contribution in [-0.2, 0) is 11.2 Å². The molecular formula is C19H21IN2O3. The second-order valence-corrected chi connectivity index (χ2v) is 6.79. The Morgan fingerprint density at radius 2 is 1.92 bits per heavy atom. The molecule has 0 heterocycles. The number of nitrogens with one attached hydrogen (secondary N) is 1. The molecule has 25 heavy (non-hydrogen) atoms. The van der Waals surface area contributed by atoms with Crippen LogP contribution in [0, 0.1) is 17.4 Å². The third-order valence-corrected chi connectivity index (χ3v) is 4.60. The van der Waals surface area contributed by atoms with E-state index in [0.717, 1.165) is 14.7 Å². The first-order valence-electron chi connectivity index (χ1n) is 7.74. The molecule has 2 rings (SSSR count). The summed E-state index contributed by atoms with van der Waals surface area (Å²) in [5.41, 5.74) is 6.73. The Labute approximate surface area is 161 Å². The number of hydrazone groups is 1. The number of methoxy groups -OCH3 is 2. The van der Waals surface area contributed by atoms with Crippen LogP contribution in [-0.4, -0.2) is 26.3 Å². The van der Waals surface area contributed by atoms with Crippen LogP contribution in [0.3, 0.4) is 0 Å². The summed E-state index contributed by atoms with van der Waals surface area (Å²) in [6.07, 6.45) is 1.88. The predicted octanol–water partition coefficient (Wildman–Crippen LogP) is 3.62. The maximum Gasteiger partial charge on any atom is 0.244 e. The lowest BCUT2D eigenvalue weighted by atomic mass is 10.0. The number of carbonyl (C=O) groups is 1. The second kappa shape index (κ2) is 8.84. The first-order valence-corrected chi connectivity index (χ1v) is 8.82. The molecule has 1 amide bonds. The maximum absolute atomic E-state index is 12.0. The topological polar surface area (TPSA) is 59.9 Å². The standard InChI is InChI=1S/C19H21IN2O3/c1-12-5-6-14(7-13(12)2)10-18(23)22-21-11-15-8-16(20)19(25-4)17(9-15)24-3/h5-9,11H,10H2,1-4H3,(H,22,23)/b21-11-. The quantitative estimate of drug-likeness (QED) is 0.414. The highest BCUT2D eigenvalue weighted by molar-refractivity contribution is 14.1. The summed E-state index contributed by atoms with van der Waals surface area (Å²) in [5, 5.41) is 4.03. The van der Waals surface area contributed by atoms with Gasteiger partial charge in [-0.15, -0.1) is 0 Å². The van der Waals surface area contributed by atoms with E-state index >= 15 is 0 Å². The molecule has 0 spiro atoms. The Morgan fingerprint density at radius 3 is 2.56 bits per heavy atom. The van der Waals surface area contributed by atoms with Gasteiger partial charge in [0.1, 0.15) is 0 Å². The zero-order valence-electron chi connectivity index (χ0n) is 14.7. The van der Waals surface area contributed by atoms with Gasteiger partial charge < -0.3 is 9.47 Å². The molecule has 0 saturated carbocycles. The molecule has 0 aliphatic heterocycles. The van der Waals surface area contributed by atoms with E-state index in [-0.39, 0.29) is 5.91 Å². The number of amides is 1. The average molecular weight is 452 g/mol. The van der Waals surface area contributed by atoms with Crippen molar-refractivity contribution in [2.45, 2.75) is 20.3 Å². The van der Waals surface area contributed by atoms with Crippen molar-refractivity contribution in [2.75, 3.05) is 14.2 Å².